The third-order valence-electron chi connectivity index (χ3n) is 12.5. The number of nitrogens with zero attached hydrogens (tertiary/aromatic N) is 6. The lowest BCUT2D eigenvalue weighted by atomic mass is 10.2. The van der Waals surface area contributed by atoms with E-state index in [-0.39, 0.29) is 0 Å². The summed E-state index contributed by atoms with van der Waals surface area (Å²) in [6, 6.07) is 73.1. The minimum absolute atomic E-state index is 0.784. The van der Waals surface area contributed by atoms with Crippen molar-refractivity contribution in [2.24, 2.45) is 30.0 Å². The zero-order chi connectivity index (χ0) is 63.2. The Morgan fingerprint density at radius 2 is 0.337 bits per heavy atom. The van der Waals surface area contributed by atoms with Crippen LogP contribution in [0.4, 0.5) is 34.1 Å². The highest BCUT2D eigenvalue weighted by atomic mass is 16.4. The summed E-state index contributed by atoms with van der Waals surface area (Å²) in [6.07, 6.45) is 10.4. The summed E-state index contributed by atoms with van der Waals surface area (Å²) in [5, 5.41) is 0. The van der Waals surface area contributed by atoms with Crippen LogP contribution in [0.2, 0.25) is 0 Å². The van der Waals surface area contributed by atoms with Crippen molar-refractivity contribution in [3.05, 3.63) is 321 Å². The summed E-state index contributed by atoms with van der Waals surface area (Å²) in [7, 11) is 0. The Balaban J connectivity index is 0.000000152. The van der Waals surface area contributed by atoms with Crippen LogP contribution in [0.1, 0.15) is 96.9 Å². The van der Waals surface area contributed by atoms with Crippen molar-refractivity contribution in [2.45, 2.75) is 76.2 Å². The molecule has 89 heavy (non-hydrogen) atoms. The molecule has 0 spiro atoms. The molecule has 0 aliphatic heterocycles. The van der Waals surface area contributed by atoms with Gasteiger partial charge in [-0.2, -0.15) is 0 Å². The Morgan fingerprint density at radius 3 is 0.483 bits per heavy atom. The minimum Gasteiger partial charge on any atom is -0.460 e. The lowest BCUT2D eigenvalue weighted by Crippen LogP contribution is -1.74. The zero-order valence-corrected chi connectivity index (χ0v) is 52.5. The van der Waals surface area contributed by atoms with Crippen molar-refractivity contribution in [2.75, 3.05) is 0 Å². The Labute approximate surface area is 522 Å². The van der Waals surface area contributed by atoms with Gasteiger partial charge in [0.05, 0.1) is 71.4 Å². The second kappa shape index (κ2) is 34.8. The molecule has 0 aliphatic rings. The van der Waals surface area contributed by atoms with E-state index in [1.165, 1.54) is 27.8 Å². The van der Waals surface area contributed by atoms with E-state index in [1.807, 2.05) is 266 Å². The average Bonchev–Trinajstić information content (AvgIpc) is 4.58. The van der Waals surface area contributed by atoms with Crippen LogP contribution in [-0.4, -0.2) is 37.3 Å². The van der Waals surface area contributed by atoms with E-state index in [2.05, 4.69) is 64.6 Å². The molecule has 0 saturated carbocycles. The van der Waals surface area contributed by atoms with E-state index in [0.29, 0.717) is 0 Å². The standard InChI is InChI=1S/5C13H13NO.C12H11NO/c5*1-10-3-6-12(7-4-10)14-9-13-8-5-11(2)15-13;1-10-7-8-12(14-10)9-13-11-5-3-2-4-6-11/h5*3-9H,1-2H3;2-9H,1H3. The molecule has 0 radical (unpaired) electrons. The average molecular weight is 1180 g/mol. The summed E-state index contributed by atoms with van der Waals surface area (Å²) < 4.78 is 32.3. The zero-order valence-electron chi connectivity index (χ0n) is 52.5. The molecule has 0 unspecified atom stereocenters. The SMILES string of the molecule is Cc1ccc(C=Nc2ccccc2)o1.Cc1ccc(N=Cc2ccc(C)o2)cc1.Cc1ccc(N=Cc2ccc(C)o2)cc1.Cc1ccc(N=Cc2ccc(C)o2)cc1.Cc1ccc(N=Cc2ccc(C)o2)cc1.Cc1ccc(N=Cc2ccc(C)o2)cc1. The molecule has 0 aliphatic carbocycles. The molecular weight excluding hydrogens is 1100 g/mol. The van der Waals surface area contributed by atoms with Gasteiger partial charge in [0.1, 0.15) is 69.1 Å². The van der Waals surface area contributed by atoms with Crippen LogP contribution in [0.15, 0.2) is 281 Å². The Kier molecular flexibility index (Phi) is 25.7. The number of aliphatic imine (C=N–C) groups is 6. The van der Waals surface area contributed by atoms with Gasteiger partial charge in [-0.25, -0.2) is 0 Å². The van der Waals surface area contributed by atoms with Gasteiger partial charge >= 0.3 is 0 Å². The lowest BCUT2D eigenvalue weighted by Gasteiger charge is -1.93. The number of benzene rings is 6. The van der Waals surface area contributed by atoms with Crippen LogP contribution in [0.25, 0.3) is 0 Å². The first kappa shape index (κ1) is 65.6. The summed E-state index contributed by atoms with van der Waals surface area (Å²) in [5.41, 5.74) is 11.8. The summed E-state index contributed by atoms with van der Waals surface area (Å²) in [5.74, 6) is 10.1. The van der Waals surface area contributed by atoms with Gasteiger partial charge in [0.15, 0.2) is 0 Å². The number of aryl methyl sites for hydroxylation is 11. The largest absolute Gasteiger partial charge is 0.460 e. The first-order valence-electron chi connectivity index (χ1n) is 29.1. The molecule has 6 aromatic carbocycles. The molecule has 0 fully saturated rings. The molecule has 0 amide bonds. The lowest BCUT2D eigenvalue weighted by molar-refractivity contribution is 0.527. The van der Waals surface area contributed by atoms with Crippen molar-refractivity contribution < 1.29 is 26.5 Å². The van der Waals surface area contributed by atoms with E-state index >= 15 is 0 Å². The molecular formula is C77H76N6O6. The third kappa shape index (κ3) is 25.3. The van der Waals surface area contributed by atoms with Crippen molar-refractivity contribution in [1.29, 1.82) is 0 Å². The summed E-state index contributed by atoms with van der Waals surface area (Å²) >= 11 is 0. The first-order chi connectivity index (χ1) is 43.0. The summed E-state index contributed by atoms with van der Waals surface area (Å²) in [4.78, 5) is 25.8. The van der Waals surface area contributed by atoms with Crippen LogP contribution in [-0.2, 0) is 0 Å². The van der Waals surface area contributed by atoms with Gasteiger partial charge in [-0.1, -0.05) is 107 Å². The van der Waals surface area contributed by atoms with Gasteiger partial charge in [-0.15, -0.1) is 0 Å². The molecule has 450 valence electrons. The van der Waals surface area contributed by atoms with E-state index in [9.17, 15) is 0 Å². The maximum atomic E-state index is 5.38. The van der Waals surface area contributed by atoms with Gasteiger partial charge in [0, 0.05) is 0 Å². The summed E-state index contributed by atoms with van der Waals surface area (Å²) in [6.45, 7) is 21.8. The Bertz CT molecular complexity index is 3630. The highest BCUT2D eigenvalue weighted by Crippen LogP contribution is 2.19. The number of rotatable bonds is 12. The fraction of sp³-hybridized carbons (Fsp3) is 0.143. The normalized spacial score (nSPS) is 11.0. The highest BCUT2D eigenvalue weighted by Gasteiger charge is 2.00. The van der Waals surface area contributed by atoms with Crippen LogP contribution in [0.5, 0.6) is 0 Å². The second-order valence-electron chi connectivity index (χ2n) is 20.8. The number of hydrogen-bond donors (Lipinski definition) is 0. The van der Waals surface area contributed by atoms with Gasteiger partial charge < -0.3 is 26.5 Å². The fourth-order valence-electron chi connectivity index (χ4n) is 7.63. The maximum Gasteiger partial charge on any atom is 0.145 e. The Hall–Kier alpha value is -11.0. The van der Waals surface area contributed by atoms with Gasteiger partial charge in [0.2, 0.25) is 0 Å². The van der Waals surface area contributed by atoms with Crippen molar-refractivity contribution in [3.8, 4) is 0 Å². The highest BCUT2D eigenvalue weighted by molar-refractivity contribution is 5.81. The molecule has 6 heterocycles. The van der Waals surface area contributed by atoms with Crippen molar-refractivity contribution >= 4 is 71.4 Å². The minimum atomic E-state index is 0.784. The van der Waals surface area contributed by atoms with Crippen LogP contribution >= 0.6 is 0 Å². The molecule has 0 bridgehead atoms. The quantitative estimate of drug-likeness (QED) is 0.111. The topological polar surface area (TPSA) is 153 Å². The van der Waals surface area contributed by atoms with Crippen LogP contribution in [0.3, 0.4) is 0 Å². The van der Waals surface area contributed by atoms with Crippen molar-refractivity contribution in [3.63, 3.8) is 0 Å². The van der Waals surface area contributed by atoms with Crippen LogP contribution in [0, 0.1) is 76.2 Å². The molecule has 12 heteroatoms. The number of hydrogen-bond acceptors (Lipinski definition) is 12. The first-order valence-corrected chi connectivity index (χ1v) is 29.1. The monoisotopic (exact) mass is 1180 g/mol. The second-order valence-corrected chi connectivity index (χ2v) is 20.8. The van der Waals surface area contributed by atoms with Crippen molar-refractivity contribution in [1.82, 2.24) is 0 Å². The van der Waals surface area contributed by atoms with Gasteiger partial charge in [-0.3, -0.25) is 30.0 Å². The number of para-hydroxylation sites is 1. The Morgan fingerprint density at radius 1 is 0.180 bits per heavy atom. The molecule has 12 nitrogen and oxygen atoms in total. The molecule has 12 aromatic rings. The molecule has 6 aromatic heterocycles. The van der Waals surface area contributed by atoms with E-state index in [0.717, 1.165) is 103 Å². The predicted molar refractivity (Wildman–Crippen MR) is 367 cm³/mol. The van der Waals surface area contributed by atoms with Gasteiger partial charge in [-0.05, 0) is 222 Å². The van der Waals surface area contributed by atoms with Gasteiger partial charge in [0.25, 0.3) is 0 Å². The molecule has 0 atom stereocenters. The molecule has 0 N–H and O–H groups in total. The maximum absolute atomic E-state index is 5.38. The van der Waals surface area contributed by atoms with E-state index in [4.69, 9.17) is 26.5 Å². The van der Waals surface area contributed by atoms with E-state index < -0.39 is 0 Å². The molecule has 0 saturated heterocycles. The predicted octanol–water partition coefficient (Wildman–Crippen LogP) is 21.6. The molecule has 12 rings (SSSR count). The fourth-order valence-corrected chi connectivity index (χ4v) is 7.63. The number of furan rings is 6. The smallest absolute Gasteiger partial charge is 0.145 e. The van der Waals surface area contributed by atoms with E-state index in [1.54, 1.807) is 37.3 Å². The third-order valence-corrected chi connectivity index (χ3v) is 12.5. The van der Waals surface area contributed by atoms with Crippen LogP contribution < -0.4 is 0 Å².